The number of halogens is 1. The van der Waals surface area contributed by atoms with Crippen LogP contribution < -0.4 is 5.32 Å². The molecule has 1 N–H and O–H groups in total. The first-order valence-electron chi connectivity index (χ1n) is 6.27. The van der Waals surface area contributed by atoms with Crippen LogP contribution in [0.25, 0.3) is 0 Å². The fourth-order valence-corrected chi connectivity index (χ4v) is 2.27. The Morgan fingerprint density at radius 2 is 2.06 bits per heavy atom. The van der Waals surface area contributed by atoms with Crippen LogP contribution in [0.5, 0.6) is 0 Å². The van der Waals surface area contributed by atoms with Gasteiger partial charge in [-0.15, -0.1) is 0 Å². The number of nitrogens with zero attached hydrogens (tertiary/aromatic N) is 1. The zero-order valence-electron chi connectivity index (χ0n) is 11.0. The molecule has 0 saturated carbocycles. The maximum absolute atomic E-state index is 6.18. The average molecular weight is 255 g/mol. The summed E-state index contributed by atoms with van der Waals surface area (Å²) < 4.78 is 0. The molecule has 17 heavy (non-hydrogen) atoms. The van der Waals surface area contributed by atoms with E-state index in [-0.39, 0.29) is 0 Å². The Morgan fingerprint density at radius 1 is 1.35 bits per heavy atom. The Morgan fingerprint density at radius 3 is 2.65 bits per heavy atom. The molecule has 3 heteroatoms. The van der Waals surface area contributed by atoms with Crippen molar-refractivity contribution in [3.63, 3.8) is 0 Å². The molecule has 0 saturated heterocycles. The molecule has 0 bridgehead atoms. The Kier molecular flexibility index (Phi) is 6.56. The second kappa shape index (κ2) is 7.70. The summed E-state index contributed by atoms with van der Waals surface area (Å²) in [6.45, 7) is 4.16. The van der Waals surface area contributed by atoms with E-state index in [4.69, 9.17) is 11.6 Å². The topological polar surface area (TPSA) is 15.3 Å². The lowest BCUT2D eigenvalue weighted by atomic mass is 10.1. The number of hydrogen-bond acceptors (Lipinski definition) is 2. The minimum Gasteiger partial charge on any atom is -0.318 e. The third kappa shape index (κ3) is 4.66. The van der Waals surface area contributed by atoms with Gasteiger partial charge in [0.2, 0.25) is 0 Å². The molecule has 0 heterocycles. The molecule has 1 unspecified atom stereocenters. The first-order valence-corrected chi connectivity index (χ1v) is 6.65. The van der Waals surface area contributed by atoms with Crippen LogP contribution in [0.15, 0.2) is 24.3 Å². The van der Waals surface area contributed by atoms with Gasteiger partial charge in [0.05, 0.1) is 0 Å². The molecule has 0 radical (unpaired) electrons. The maximum Gasteiger partial charge on any atom is 0.0451 e. The highest BCUT2D eigenvalue weighted by Gasteiger charge is 2.14. The van der Waals surface area contributed by atoms with Crippen molar-refractivity contribution in [2.24, 2.45) is 0 Å². The van der Waals surface area contributed by atoms with E-state index in [1.54, 1.807) is 0 Å². The molecule has 1 atom stereocenters. The fraction of sp³-hybridized carbons (Fsp3) is 0.571. The van der Waals surface area contributed by atoms with Crippen molar-refractivity contribution in [1.29, 1.82) is 0 Å². The van der Waals surface area contributed by atoms with Gasteiger partial charge in [-0.1, -0.05) is 43.1 Å². The highest BCUT2D eigenvalue weighted by molar-refractivity contribution is 6.31. The van der Waals surface area contributed by atoms with Crippen LogP contribution in [0.3, 0.4) is 0 Å². The highest BCUT2D eigenvalue weighted by Crippen LogP contribution is 2.18. The van der Waals surface area contributed by atoms with Crippen LogP contribution in [0.4, 0.5) is 0 Å². The number of hydrogen-bond donors (Lipinski definition) is 1. The second-order valence-electron chi connectivity index (χ2n) is 4.51. The van der Waals surface area contributed by atoms with E-state index in [0.29, 0.717) is 6.04 Å². The third-order valence-electron chi connectivity index (χ3n) is 3.06. The van der Waals surface area contributed by atoms with Crippen molar-refractivity contribution in [3.05, 3.63) is 34.9 Å². The van der Waals surface area contributed by atoms with Crippen molar-refractivity contribution in [2.75, 3.05) is 20.6 Å². The summed E-state index contributed by atoms with van der Waals surface area (Å²) >= 11 is 6.18. The van der Waals surface area contributed by atoms with Crippen molar-refractivity contribution in [2.45, 2.75) is 32.4 Å². The lowest BCUT2D eigenvalue weighted by molar-refractivity contribution is 0.218. The first kappa shape index (κ1) is 14.5. The molecule has 1 rings (SSSR count). The van der Waals surface area contributed by atoms with E-state index in [2.05, 4.69) is 30.3 Å². The number of nitrogens with one attached hydrogen (secondary N) is 1. The average Bonchev–Trinajstić information content (AvgIpc) is 2.32. The second-order valence-corrected chi connectivity index (χ2v) is 4.91. The normalized spacial score (nSPS) is 13.0. The Hall–Kier alpha value is -0.570. The van der Waals surface area contributed by atoms with Crippen LogP contribution in [0.1, 0.15) is 25.3 Å². The molecule has 0 fully saturated rings. The van der Waals surface area contributed by atoms with Gasteiger partial charge in [0.25, 0.3) is 0 Å². The minimum absolute atomic E-state index is 0.571. The largest absolute Gasteiger partial charge is 0.318 e. The van der Waals surface area contributed by atoms with Crippen LogP contribution in [0, 0.1) is 0 Å². The SMILES string of the molecule is CCCC(CNC)N(C)Cc1ccccc1Cl. The van der Waals surface area contributed by atoms with Gasteiger partial charge in [0, 0.05) is 24.2 Å². The molecule has 0 aliphatic carbocycles. The van der Waals surface area contributed by atoms with Crippen molar-refractivity contribution >= 4 is 11.6 Å². The summed E-state index contributed by atoms with van der Waals surface area (Å²) in [5.74, 6) is 0. The van der Waals surface area contributed by atoms with Crippen molar-refractivity contribution in [3.8, 4) is 0 Å². The number of likely N-dealkylation sites (N-methyl/N-ethyl adjacent to an activating group) is 2. The van der Waals surface area contributed by atoms with E-state index in [1.807, 2.05) is 25.2 Å². The number of rotatable bonds is 7. The van der Waals surface area contributed by atoms with Gasteiger partial charge < -0.3 is 5.32 Å². The van der Waals surface area contributed by atoms with Crippen molar-refractivity contribution < 1.29 is 0 Å². The quantitative estimate of drug-likeness (QED) is 0.804. The van der Waals surface area contributed by atoms with Gasteiger partial charge in [-0.05, 0) is 32.1 Å². The molecule has 1 aromatic rings. The van der Waals surface area contributed by atoms with Gasteiger partial charge in [-0.25, -0.2) is 0 Å². The molecule has 0 aliphatic rings. The Balaban J connectivity index is 2.62. The molecule has 0 aromatic heterocycles. The van der Waals surface area contributed by atoms with Crippen molar-refractivity contribution in [1.82, 2.24) is 10.2 Å². The van der Waals surface area contributed by atoms with Crippen LogP contribution in [0.2, 0.25) is 5.02 Å². The summed E-state index contributed by atoms with van der Waals surface area (Å²) in [6, 6.07) is 8.64. The van der Waals surface area contributed by atoms with E-state index >= 15 is 0 Å². The fourth-order valence-electron chi connectivity index (χ4n) is 2.07. The third-order valence-corrected chi connectivity index (χ3v) is 3.43. The molecule has 0 aliphatic heterocycles. The lowest BCUT2D eigenvalue weighted by Crippen LogP contribution is -2.38. The zero-order chi connectivity index (χ0) is 12.7. The summed E-state index contributed by atoms with van der Waals surface area (Å²) in [5.41, 5.74) is 1.20. The van der Waals surface area contributed by atoms with Gasteiger partial charge in [0.1, 0.15) is 0 Å². The van der Waals surface area contributed by atoms with Gasteiger partial charge in [-0.2, -0.15) is 0 Å². The molecule has 2 nitrogen and oxygen atoms in total. The van der Waals surface area contributed by atoms with Crippen LogP contribution >= 0.6 is 11.6 Å². The van der Waals surface area contributed by atoms with E-state index < -0.39 is 0 Å². The number of benzene rings is 1. The zero-order valence-corrected chi connectivity index (χ0v) is 11.8. The lowest BCUT2D eigenvalue weighted by Gasteiger charge is -2.28. The predicted octanol–water partition coefficient (Wildman–Crippen LogP) is 3.16. The molecule has 96 valence electrons. The molecule has 0 spiro atoms. The molecular formula is C14H23ClN2. The van der Waals surface area contributed by atoms with E-state index in [9.17, 15) is 0 Å². The summed E-state index contributed by atoms with van der Waals surface area (Å²) in [4.78, 5) is 2.38. The van der Waals surface area contributed by atoms with E-state index in [0.717, 1.165) is 18.1 Å². The molecule has 0 amide bonds. The summed E-state index contributed by atoms with van der Waals surface area (Å²) in [5, 5.41) is 4.12. The van der Waals surface area contributed by atoms with E-state index in [1.165, 1.54) is 18.4 Å². The van der Waals surface area contributed by atoms with Gasteiger partial charge in [0.15, 0.2) is 0 Å². The van der Waals surface area contributed by atoms with Gasteiger partial charge in [-0.3, -0.25) is 4.90 Å². The molecule has 1 aromatic carbocycles. The standard InChI is InChI=1S/C14H23ClN2/c1-4-7-13(10-16-2)17(3)11-12-8-5-6-9-14(12)15/h5-6,8-9,13,16H,4,7,10-11H2,1-3H3. The van der Waals surface area contributed by atoms with Crippen LogP contribution in [-0.2, 0) is 6.54 Å². The summed E-state index contributed by atoms with van der Waals surface area (Å²) in [7, 11) is 4.17. The Bertz CT molecular complexity index is 322. The monoisotopic (exact) mass is 254 g/mol. The smallest absolute Gasteiger partial charge is 0.0451 e. The summed E-state index contributed by atoms with van der Waals surface area (Å²) in [6.07, 6.45) is 2.42. The Labute approximate surface area is 110 Å². The predicted molar refractivity (Wildman–Crippen MR) is 75.5 cm³/mol. The maximum atomic E-state index is 6.18. The molecular weight excluding hydrogens is 232 g/mol. The highest BCUT2D eigenvalue weighted by atomic mass is 35.5. The van der Waals surface area contributed by atoms with Crippen LogP contribution in [-0.4, -0.2) is 31.6 Å². The first-order chi connectivity index (χ1) is 8.19. The minimum atomic E-state index is 0.571. The van der Waals surface area contributed by atoms with Gasteiger partial charge >= 0.3 is 0 Å².